The van der Waals surface area contributed by atoms with E-state index in [1.165, 1.54) is 0 Å². The minimum atomic E-state index is -2.67. The van der Waals surface area contributed by atoms with E-state index in [4.69, 9.17) is 4.43 Å². The van der Waals surface area contributed by atoms with Crippen molar-refractivity contribution in [3.63, 3.8) is 0 Å². The Hall–Kier alpha value is 0.767. The van der Waals surface area contributed by atoms with Crippen molar-refractivity contribution >= 4 is 30.9 Å². The molecule has 1 nitrogen and oxygen atoms in total. The number of hydrogen-bond donors (Lipinski definition) is 0. The van der Waals surface area contributed by atoms with E-state index in [1.54, 1.807) is 0 Å². The Morgan fingerprint density at radius 1 is 1.31 bits per heavy atom. The van der Waals surface area contributed by atoms with Crippen LogP contribution in [0.3, 0.4) is 0 Å². The molecule has 98 valence electrons. The van der Waals surface area contributed by atoms with E-state index >= 15 is 0 Å². The van der Waals surface area contributed by atoms with Crippen LogP contribution < -0.4 is 0 Å². The summed E-state index contributed by atoms with van der Waals surface area (Å²) in [6.07, 6.45) is 0.887. The minimum Gasteiger partial charge on any atom is -0.409 e. The zero-order chi connectivity index (χ0) is 12.8. The third-order valence-corrected chi connectivity index (χ3v) is 3.82. The van der Waals surface area contributed by atoms with E-state index in [0.29, 0.717) is 17.3 Å². The summed E-state index contributed by atoms with van der Waals surface area (Å²) in [5.74, 6) is -2.67. The highest BCUT2D eigenvalue weighted by atomic mass is 127. The van der Waals surface area contributed by atoms with Crippen LogP contribution >= 0.6 is 22.6 Å². The van der Waals surface area contributed by atoms with Gasteiger partial charge in [-0.1, -0.05) is 35.9 Å². The molecule has 0 N–H and O–H groups in total. The first-order valence-corrected chi connectivity index (χ1v) is 10.8. The monoisotopic (exact) mass is 364 g/mol. The highest BCUT2D eigenvalue weighted by molar-refractivity contribution is 14.1. The van der Waals surface area contributed by atoms with Crippen LogP contribution in [0.1, 0.15) is 32.6 Å². The fraction of sp³-hybridized carbons (Fsp3) is 1.00. The van der Waals surface area contributed by atoms with Gasteiger partial charge in [-0.3, -0.25) is 0 Å². The second-order valence-electron chi connectivity index (χ2n) is 5.06. The minimum absolute atomic E-state index is 0.0463. The van der Waals surface area contributed by atoms with Gasteiger partial charge in [-0.05, 0) is 32.5 Å². The zero-order valence-electron chi connectivity index (χ0n) is 10.7. The van der Waals surface area contributed by atoms with Crippen molar-refractivity contribution in [2.24, 2.45) is 0 Å². The molecule has 0 aromatic rings. The fourth-order valence-corrected chi connectivity index (χ4v) is 3.17. The lowest BCUT2D eigenvalue weighted by Gasteiger charge is -2.32. The molecule has 1 unspecified atom stereocenters. The Bertz CT molecular complexity index is 195. The zero-order valence-corrected chi connectivity index (χ0v) is 13.8. The van der Waals surface area contributed by atoms with E-state index in [2.05, 4.69) is 22.6 Å². The molecule has 0 spiro atoms. The van der Waals surface area contributed by atoms with E-state index in [-0.39, 0.29) is 6.42 Å². The van der Waals surface area contributed by atoms with Crippen LogP contribution in [0.2, 0.25) is 19.6 Å². The second kappa shape index (κ2) is 7.26. The van der Waals surface area contributed by atoms with Crippen molar-refractivity contribution in [2.45, 2.75) is 64.3 Å². The summed E-state index contributed by atoms with van der Waals surface area (Å²) < 4.78 is 34.1. The number of alkyl halides is 3. The summed E-state index contributed by atoms with van der Waals surface area (Å²) in [6, 6.07) is 0. The summed E-state index contributed by atoms with van der Waals surface area (Å²) in [4.78, 5) is 0. The second-order valence-corrected chi connectivity index (χ2v) is 10.6. The molecule has 5 heteroatoms. The SMILES string of the molecule is CCCCC(F)(F)C(CCI)O[Si](C)(C)C. The summed E-state index contributed by atoms with van der Waals surface area (Å²) in [5.41, 5.74) is 0. The molecule has 0 aromatic heterocycles. The fourth-order valence-electron chi connectivity index (χ4n) is 1.46. The lowest BCUT2D eigenvalue weighted by atomic mass is 10.0. The van der Waals surface area contributed by atoms with Crippen LogP contribution in [-0.2, 0) is 4.43 Å². The van der Waals surface area contributed by atoms with Crippen molar-refractivity contribution in [1.82, 2.24) is 0 Å². The lowest BCUT2D eigenvalue weighted by Crippen LogP contribution is -2.43. The van der Waals surface area contributed by atoms with Gasteiger partial charge in [0.15, 0.2) is 8.32 Å². The Labute approximate surface area is 113 Å². The van der Waals surface area contributed by atoms with Crippen LogP contribution in [0.5, 0.6) is 0 Å². The standard InChI is InChI=1S/C11H23F2IOSi/c1-5-6-8-11(12,13)10(7-9-14)15-16(2,3)4/h10H,5-9H2,1-4H3. The van der Waals surface area contributed by atoms with Gasteiger partial charge < -0.3 is 4.43 Å². The first-order chi connectivity index (χ1) is 7.23. The van der Waals surface area contributed by atoms with Gasteiger partial charge in [0.25, 0.3) is 5.92 Å². The Kier molecular flexibility index (Phi) is 7.60. The first-order valence-electron chi connectivity index (χ1n) is 5.84. The van der Waals surface area contributed by atoms with Gasteiger partial charge in [0.2, 0.25) is 0 Å². The summed E-state index contributed by atoms with van der Waals surface area (Å²) in [6.45, 7) is 7.82. The molecule has 16 heavy (non-hydrogen) atoms. The molecule has 1 atom stereocenters. The molecule has 0 aliphatic rings. The van der Waals surface area contributed by atoms with Gasteiger partial charge in [-0.25, -0.2) is 8.78 Å². The van der Waals surface area contributed by atoms with E-state index in [9.17, 15) is 8.78 Å². The largest absolute Gasteiger partial charge is 0.409 e. The number of halogens is 3. The Balaban J connectivity index is 4.48. The van der Waals surface area contributed by atoms with Gasteiger partial charge in [0.05, 0.1) is 0 Å². The predicted octanol–water partition coefficient (Wildman–Crippen LogP) is 4.86. The van der Waals surface area contributed by atoms with Gasteiger partial charge in [-0.2, -0.15) is 0 Å². The Morgan fingerprint density at radius 3 is 2.25 bits per heavy atom. The molecular weight excluding hydrogens is 341 g/mol. The topological polar surface area (TPSA) is 9.23 Å². The molecular formula is C11H23F2IOSi. The van der Waals surface area contributed by atoms with Gasteiger partial charge in [0, 0.05) is 10.8 Å². The van der Waals surface area contributed by atoms with E-state index < -0.39 is 20.3 Å². The summed E-state index contributed by atoms with van der Waals surface area (Å²) in [7, 11) is -1.89. The summed E-state index contributed by atoms with van der Waals surface area (Å²) >= 11 is 2.13. The summed E-state index contributed by atoms with van der Waals surface area (Å²) in [5, 5.41) is 0. The Morgan fingerprint density at radius 2 is 1.88 bits per heavy atom. The normalized spacial score (nSPS) is 15.2. The predicted molar refractivity (Wildman–Crippen MR) is 76.2 cm³/mol. The highest BCUT2D eigenvalue weighted by Gasteiger charge is 2.41. The van der Waals surface area contributed by atoms with Crippen LogP contribution in [0.15, 0.2) is 0 Å². The van der Waals surface area contributed by atoms with Gasteiger partial charge in [-0.15, -0.1) is 0 Å². The highest BCUT2D eigenvalue weighted by Crippen LogP contribution is 2.32. The molecule has 0 radical (unpaired) electrons. The molecule has 0 heterocycles. The van der Waals surface area contributed by atoms with Crippen LogP contribution in [0, 0.1) is 0 Å². The van der Waals surface area contributed by atoms with Crippen molar-refractivity contribution in [3.05, 3.63) is 0 Å². The average Bonchev–Trinajstić information content (AvgIpc) is 2.12. The van der Waals surface area contributed by atoms with E-state index in [1.807, 2.05) is 26.6 Å². The average molecular weight is 364 g/mol. The first kappa shape index (κ1) is 16.8. The maximum atomic E-state index is 13.9. The van der Waals surface area contributed by atoms with Crippen LogP contribution in [0.4, 0.5) is 8.78 Å². The smallest absolute Gasteiger partial charge is 0.272 e. The van der Waals surface area contributed by atoms with Crippen molar-refractivity contribution < 1.29 is 13.2 Å². The molecule has 0 bridgehead atoms. The molecule has 0 aliphatic carbocycles. The van der Waals surface area contributed by atoms with Crippen LogP contribution in [-0.4, -0.2) is 24.8 Å². The van der Waals surface area contributed by atoms with Crippen molar-refractivity contribution in [3.8, 4) is 0 Å². The lowest BCUT2D eigenvalue weighted by molar-refractivity contribution is -0.106. The maximum absolute atomic E-state index is 13.9. The number of unbranched alkanes of at least 4 members (excludes halogenated alkanes) is 1. The van der Waals surface area contributed by atoms with Gasteiger partial charge >= 0.3 is 0 Å². The molecule has 0 aliphatic heterocycles. The quantitative estimate of drug-likeness (QED) is 0.340. The van der Waals surface area contributed by atoms with Crippen molar-refractivity contribution in [1.29, 1.82) is 0 Å². The molecule has 0 rings (SSSR count). The molecule has 0 saturated heterocycles. The van der Waals surface area contributed by atoms with E-state index in [0.717, 1.165) is 6.42 Å². The maximum Gasteiger partial charge on any atom is 0.272 e. The third kappa shape index (κ3) is 7.16. The van der Waals surface area contributed by atoms with Crippen molar-refractivity contribution in [2.75, 3.05) is 4.43 Å². The number of hydrogen-bond acceptors (Lipinski definition) is 1. The molecule has 0 saturated carbocycles. The molecule has 0 aromatic carbocycles. The molecule has 0 amide bonds. The molecule has 0 fully saturated rings. The van der Waals surface area contributed by atoms with Gasteiger partial charge in [0.1, 0.15) is 6.10 Å². The number of rotatable bonds is 8. The third-order valence-electron chi connectivity index (χ3n) is 2.20. The van der Waals surface area contributed by atoms with Crippen LogP contribution in [0.25, 0.3) is 0 Å².